The van der Waals surface area contributed by atoms with Gasteiger partial charge in [-0.15, -0.1) is 0 Å². The van der Waals surface area contributed by atoms with Crippen LogP contribution in [0.1, 0.15) is 0 Å². The fraction of sp³-hybridized carbons (Fsp3) is 0.176. The van der Waals surface area contributed by atoms with Crippen LogP contribution in [0.15, 0.2) is 41.3 Å². The minimum Gasteiger partial charge on any atom is -0.394 e. The summed E-state index contributed by atoms with van der Waals surface area (Å²) in [5.74, 6) is 0.152. The van der Waals surface area contributed by atoms with Gasteiger partial charge in [-0.05, 0) is 12.1 Å². The summed E-state index contributed by atoms with van der Waals surface area (Å²) < 4.78 is 1.40. The fourth-order valence-electron chi connectivity index (χ4n) is 2.48. The van der Waals surface area contributed by atoms with Crippen molar-refractivity contribution in [3.63, 3.8) is 0 Å². The average Bonchev–Trinajstić information content (AvgIpc) is 2.63. The predicted octanol–water partition coefficient (Wildman–Crippen LogP) is 1.62. The lowest BCUT2D eigenvalue weighted by atomic mass is 10.1. The molecule has 0 fully saturated rings. The first-order valence-electron chi connectivity index (χ1n) is 7.49. The number of nitrogens with one attached hydrogen (secondary N) is 1. The van der Waals surface area contributed by atoms with Crippen molar-refractivity contribution >= 4 is 34.9 Å². The Morgan fingerprint density at radius 3 is 2.80 bits per heavy atom. The Labute approximate surface area is 147 Å². The molecule has 1 aromatic carbocycles. The lowest BCUT2D eigenvalue weighted by Gasteiger charge is -2.12. The van der Waals surface area contributed by atoms with Crippen LogP contribution >= 0.6 is 11.6 Å². The molecule has 0 aliphatic heterocycles. The monoisotopic (exact) mass is 358 g/mol. The number of fused-ring (bicyclic) bond motifs is 1. The topological polar surface area (TPSA) is 97.1 Å². The van der Waals surface area contributed by atoms with Gasteiger partial charge in [0.1, 0.15) is 18.0 Å². The van der Waals surface area contributed by atoms with Crippen molar-refractivity contribution in [3.05, 3.63) is 51.9 Å². The molecule has 1 unspecified atom stereocenters. The van der Waals surface area contributed by atoms with Crippen LogP contribution in [0.5, 0.6) is 0 Å². The summed E-state index contributed by atoms with van der Waals surface area (Å²) in [7, 11) is 1.60. The van der Waals surface area contributed by atoms with Gasteiger partial charge in [-0.25, -0.2) is 4.98 Å². The number of benzene rings is 1. The summed E-state index contributed by atoms with van der Waals surface area (Å²) in [5.41, 5.74) is 1.24. The molecular formula is C17H15ClN4O3. The Morgan fingerprint density at radius 1 is 1.36 bits per heavy atom. The van der Waals surface area contributed by atoms with Crippen molar-refractivity contribution in [2.45, 2.75) is 6.04 Å². The Morgan fingerprint density at radius 2 is 2.12 bits per heavy atom. The van der Waals surface area contributed by atoms with Gasteiger partial charge in [0.2, 0.25) is 5.95 Å². The van der Waals surface area contributed by atoms with Crippen molar-refractivity contribution < 1.29 is 9.90 Å². The standard InChI is InChI=1S/C17H15ClN4O3/c1-22-15-10(7-19-17(21-15)20-11(8-23)9-24)6-13(16(22)25)12-4-2-3-5-14(12)18/h2-8,11,24H,9H2,1H3,(H,19,20,21). The molecule has 0 spiro atoms. The second-order valence-electron chi connectivity index (χ2n) is 5.44. The summed E-state index contributed by atoms with van der Waals surface area (Å²) in [4.78, 5) is 31.9. The molecule has 3 aromatic rings. The second-order valence-corrected chi connectivity index (χ2v) is 5.85. The molecule has 0 aliphatic rings. The third-order valence-corrected chi connectivity index (χ3v) is 4.12. The van der Waals surface area contributed by atoms with Gasteiger partial charge in [0, 0.05) is 34.8 Å². The first-order chi connectivity index (χ1) is 12.0. The van der Waals surface area contributed by atoms with E-state index >= 15 is 0 Å². The number of hydrogen-bond donors (Lipinski definition) is 2. The number of carbonyl (C=O) groups is 1. The van der Waals surface area contributed by atoms with E-state index in [1.54, 1.807) is 37.5 Å². The molecule has 0 radical (unpaired) electrons. The Hall–Kier alpha value is -2.77. The lowest BCUT2D eigenvalue weighted by molar-refractivity contribution is -0.109. The van der Waals surface area contributed by atoms with Crippen LogP contribution in [0.3, 0.4) is 0 Å². The van der Waals surface area contributed by atoms with Crippen molar-refractivity contribution in [1.82, 2.24) is 14.5 Å². The second kappa shape index (κ2) is 7.00. The van der Waals surface area contributed by atoms with Crippen LogP contribution in [0.4, 0.5) is 5.95 Å². The molecule has 7 nitrogen and oxygen atoms in total. The molecule has 0 saturated carbocycles. The molecule has 8 heteroatoms. The molecule has 2 N–H and O–H groups in total. The highest BCUT2D eigenvalue weighted by atomic mass is 35.5. The smallest absolute Gasteiger partial charge is 0.259 e. The van der Waals surface area contributed by atoms with E-state index in [9.17, 15) is 9.59 Å². The quantitative estimate of drug-likeness (QED) is 0.673. The first-order valence-corrected chi connectivity index (χ1v) is 7.87. The predicted molar refractivity (Wildman–Crippen MR) is 95.8 cm³/mol. The van der Waals surface area contributed by atoms with Crippen LogP contribution in [0.25, 0.3) is 22.2 Å². The SMILES string of the molecule is Cn1c(=O)c(-c2ccccc2Cl)cc2cnc(NC(C=O)CO)nc21. The zero-order valence-corrected chi connectivity index (χ0v) is 14.1. The normalized spacial score (nSPS) is 12.1. The lowest BCUT2D eigenvalue weighted by Crippen LogP contribution is -2.27. The van der Waals surface area contributed by atoms with Gasteiger partial charge >= 0.3 is 0 Å². The maximum atomic E-state index is 12.7. The number of nitrogens with zero attached hydrogens (tertiary/aromatic N) is 3. The third kappa shape index (κ3) is 3.24. The minimum absolute atomic E-state index is 0.152. The largest absolute Gasteiger partial charge is 0.394 e. The van der Waals surface area contributed by atoms with E-state index in [1.807, 2.05) is 6.07 Å². The molecule has 3 rings (SSSR count). The molecule has 0 amide bonds. The average molecular weight is 359 g/mol. The number of aromatic nitrogens is 3. The van der Waals surface area contributed by atoms with Gasteiger partial charge in [0.15, 0.2) is 0 Å². The van der Waals surface area contributed by atoms with Crippen LogP contribution < -0.4 is 10.9 Å². The summed E-state index contributed by atoms with van der Waals surface area (Å²) in [6, 6.07) is 7.98. The summed E-state index contributed by atoms with van der Waals surface area (Å²) >= 11 is 6.20. The number of halogens is 1. The minimum atomic E-state index is -0.808. The molecule has 0 saturated heterocycles. The highest BCUT2D eigenvalue weighted by Crippen LogP contribution is 2.26. The van der Waals surface area contributed by atoms with Gasteiger partial charge < -0.3 is 15.2 Å². The number of aliphatic hydroxyl groups excluding tert-OH is 1. The van der Waals surface area contributed by atoms with E-state index in [4.69, 9.17) is 16.7 Å². The molecular weight excluding hydrogens is 344 g/mol. The van der Waals surface area contributed by atoms with Crippen molar-refractivity contribution in [1.29, 1.82) is 0 Å². The maximum Gasteiger partial charge on any atom is 0.259 e. The third-order valence-electron chi connectivity index (χ3n) is 3.79. The van der Waals surface area contributed by atoms with E-state index < -0.39 is 6.04 Å². The van der Waals surface area contributed by atoms with Gasteiger partial charge in [-0.2, -0.15) is 4.98 Å². The number of aryl methyl sites for hydroxylation is 1. The van der Waals surface area contributed by atoms with Crippen LogP contribution in [-0.4, -0.2) is 38.6 Å². The van der Waals surface area contributed by atoms with E-state index in [1.165, 1.54) is 4.57 Å². The molecule has 1 atom stereocenters. The van der Waals surface area contributed by atoms with Gasteiger partial charge in [-0.3, -0.25) is 9.36 Å². The van der Waals surface area contributed by atoms with E-state index in [0.29, 0.717) is 33.5 Å². The summed E-state index contributed by atoms with van der Waals surface area (Å²) in [6.45, 7) is -0.380. The molecule has 2 heterocycles. The molecule has 0 aliphatic carbocycles. The number of aldehydes is 1. The van der Waals surface area contributed by atoms with Gasteiger partial charge in [0.05, 0.1) is 6.61 Å². The van der Waals surface area contributed by atoms with E-state index in [2.05, 4.69) is 15.3 Å². The highest BCUT2D eigenvalue weighted by Gasteiger charge is 2.14. The van der Waals surface area contributed by atoms with Crippen LogP contribution in [-0.2, 0) is 11.8 Å². The zero-order chi connectivity index (χ0) is 18.0. The number of anilines is 1. The fourth-order valence-corrected chi connectivity index (χ4v) is 2.71. The first kappa shape index (κ1) is 17.1. The number of pyridine rings is 1. The number of aliphatic hydroxyl groups is 1. The van der Waals surface area contributed by atoms with Crippen molar-refractivity contribution in [2.75, 3.05) is 11.9 Å². The summed E-state index contributed by atoms with van der Waals surface area (Å²) in [6.07, 6.45) is 2.11. The van der Waals surface area contributed by atoms with E-state index in [-0.39, 0.29) is 18.1 Å². The Balaban J connectivity index is 2.14. The molecule has 25 heavy (non-hydrogen) atoms. The van der Waals surface area contributed by atoms with Crippen LogP contribution in [0.2, 0.25) is 5.02 Å². The van der Waals surface area contributed by atoms with E-state index in [0.717, 1.165) is 0 Å². The Kier molecular flexibility index (Phi) is 4.78. The molecule has 0 bridgehead atoms. The van der Waals surface area contributed by atoms with Crippen LogP contribution in [0, 0.1) is 0 Å². The molecule has 2 aromatic heterocycles. The maximum absolute atomic E-state index is 12.7. The summed E-state index contributed by atoms with van der Waals surface area (Å²) in [5, 5.41) is 12.9. The van der Waals surface area contributed by atoms with Gasteiger partial charge in [0.25, 0.3) is 5.56 Å². The Bertz CT molecular complexity index is 1000. The van der Waals surface area contributed by atoms with Crippen molar-refractivity contribution in [2.24, 2.45) is 7.05 Å². The number of hydrogen-bond acceptors (Lipinski definition) is 6. The highest BCUT2D eigenvalue weighted by molar-refractivity contribution is 6.33. The van der Waals surface area contributed by atoms with Gasteiger partial charge in [-0.1, -0.05) is 29.8 Å². The number of rotatable bonds is 5. The van der Waals surface area contributed by atoms with Crippen molar-refractivity contribution in [3.8, 4) is 11.1 Å². The molecule has 128 valence electrons. The zero-order valence-electron chi connectivity index (χ0n) is 13.3. The number of carbonyl (C=O) groups excluding carboxylic acids is 1.